The lowest BCUT2D eigenvalue weighted by Crippen LogP contribution is -2.14. The molecular weight excluding hydrogens is 188 g/mol. The van der Waals surface area contributed by atoms with Crippen LogP contribution in [0.15, 0.2) is 30.3 Å². The zero-order valence-electron chi connectivity index (χ0n) is 9.85. The maximum Gasteiger partial charge on any atom is 0.0634 e. The van der Waals surface area contributed by atoms with Crippen LogP contribution >= 0.6 is 0 Å². The first-order valence-electron chi connectivity index (χ1n) is 5.13. The minimum atomic E-state index is -0.338. The molecule has 3 N–H and O–H groups in total. The Labute approximate surface area is 92.5 Å². The summed E-state index contributed by atoms with van der Waals surface area (Å²) in [6.07, 6.45) is -0.338. The van der Waals surface area contributed by atoms with E-state index >= 15 is 0 Å². The minimum absolute atomic E-state index is 0.338. The van der Waals surface area contributed by atoms with Crippen LogP contribution in [0, 0.1) is 0 Å². The number of aliphatic hydroxyl groups excluding tert-OH is 1. The number of rotatable bonds is 3. The Bertz CT molecular complexity index is 235. The number of benzene rings is 1. The van der Waals surface area contributed by atoms with E-state index in [1.165, 1.54) is 5.56 Å². The number of hydrogen-bond donors (Lipinski definition) is 2. The molecule has 15 heavy (non-hydrogen) atoms. The molecule has 0 fully saturated rings. The fraction of sp³-hybridized carbons (Fsp3) is 0.500. The summed E-state index contributed by atoms with van der Waals surface area (Å²) >= 11 is 0. The van der Waals surface area contributed by atoms with Gasteiger partial charge in [-0.1, -0.05) is 30.3 Å². The van der Waals surface area contributed by atoms with Crippen molar-refractivity contribution < 1.29 is 5.11 Å². The molecule has 1 aromatic carbocycles. The quantitative estimate of drug-likeness (QED) is 0.784. The third kappa shape index (κ3) is 9.41. The molecule has 0 radical (unpaired) electrons. The van der Waals surface area contributed by atoms with E-state index in [0.29, 0.717) is 6.54 Å². The Morgan fingerprint density at radius 1 is 1.27 bits per heavy atom. The molecule has 1 unspecified atom stereocenters. The van der Waals surface area contributed by atoms with E-state index in [4.69, 9.17) is 10.8 Å². The first-order chi connectivity index (χ1) is 7.06. The van der Waals surface area contributed by atoms with Gasteiger partial charge in [-0.3, -0.25) is 0 Å². The number of aliphatic hydroxyl groups is 1. The van der Waals surface area contributed by atoms with E-state index in [-0.39, 0.29) is 6.10 Å². The Morgan fingerprint density at radius 2 is 1.73 bits per heavy atom. The van der Waals surface area contributed by atoms with E-state index < -0.39 is 0 Å². The Balaban J connectivity index is 0.000000336. The number of nitrogens with zero attached hydrogens (tertiary/aromatic N) is 1. The normalized spacial score (nSPS) is 11.9. The molecule has 0 aromatic heterocycles. The van der Waals surface area contributed by atoms with Crippen molar-refractivity contribution in [3.05, 3.63) is 35.9 Å². The fourth-order valence-electron chi connectivity index (χ4n) is 0.949. The van der Waals surface area contributed by atoms with Crippen molar-refractivity contribution in [2.75, 3.05) is 20.6 Å². The molecular formula is C12H22N2O. The molecule has 0 saturated carbocycles. The van der Waals surface area contributed by atoms with Crippen LogP contribution in [0.4, 0.5) is 0 Å². The summed E-state index contributed by atoms with van der Waals surface area (Å²) in [7, 11) is 4.15. The maximum atomic E-state index is 8.24. The summed E-state index contributed by atoms with van der Waals surface area (Å²) in [5.41, 5.74) is 6.29. The molecule has 1 rings (SSSR count). The molecule has 3 heteroatoms. The first kappa shape index (κ1) is 14.1. The van der Waals surface area contributed by atoms with E-state index in [9.17, 15) is 0 Å². The average Bonchev–Trinajstić information content (AvgIpc) is 2.19. The van der Waals surface area contributed by atoms with Gasteiger partial charge in [0.25, 0.3) is 0 Å². The van der Waals surface area contributed by atoms with Gasteiger partial charge in [-0.2, -0.15) is 0 Å². The first-order valence-corrected chi connectivity index (χ1v) is 5.13. The predicted octanol–water partition coefficient (Wildman–Crippen LogP) is 1.07. The average molecular weight is 210 g/mol. The molecule has 3 nitrogen and oxygen atoms in total. The van der Waals surface area contributed by atoms with E-state index in [1.54, 1.807) is 6.92 Å². The summed E-state index contributed by atoms with van der Waals surface area (Å²) in [5, 5.41) is 8.24. The molecule has 1 atom stereocenters. The fourth-order valence-corrected chi connectivity index (χ4v) is 0.949. The van der Waals surface area contributed by atoms with Crippen LogP contribution in [-0.4, -0.2) is 36.8 Å². The summed E-state index contributed by atoms with van der Waals surface area (Å²) < 4.78 is 0. The molecule has 0 aliphatic rings. The molecule has 0 aliphatic carbocycles. The van der Waals surface area contributed by atoms with E-state index in [2.05, 4.69) is 43.3 Å². The van der Waals surface area contributed by atoms with Gasteiger partial charge < -0.3 is 15.7 Å². The van der Waals surface area contributed by atoms with Gasteiger partial charge in [0, 0.05) is 13.1 Å². The number of hydrogen-bond acceptors (Lipinski definition) is 3. The monoisotopic (exact) mass is 210 g/mol. The van der Waals surface area contributed by atoms with E-state index in [0.717, 1.165) is 6.54 Å². The van der Waals surface area contributed by atoms with Gasteiger partial charge >= 0.3 is 0 Å². The van der Waals surface area contributed by atoms with Crippen molar-refractivity contribution in [3.8, 4) is 0 Å². The van der Waals surface area contributed by atoms with Crippen molar-refractivity contribution in [3.63, 3.8) is 0 Å². The van der Waals surface area contributed by atoms with Gasteiger partial charge in [0.05, 0.1) is 6.10 Å². The third-order valence-corrected chi connectivity index (χ3v) is 1.68. The van der Waals surface area contributed by atoms with Crippen molar-refractivity contribution in [1.82, 2.24) is 4.90 Å². The Kier molecular flexibility index (Phi) is 7.91. The van der Waals surface area contributed by atoms with Gasteiger partial charge in [-0.05, 0) is 26.6 Å². The van der Waals surface area contributed by atoms with Crippen molar-refractivity contribution in [1.29, 1.82) is 0 Å². The Hall–Kier alpha value is -0.900. The summed E-state index contributed by atoms with van der Waals surface area (Å²) in [6, 6.07) is 10.5. The highest BCUT2D eigenvalue weighted by Gasteiger charge is 1.90. The zero-order chi connectivity index (χ0) is 11.7. The molecule has 0 heterocycles. The summed E-state index contributed by atoms with van der Waals surface area (Å²) in [4.78, 5) is 2.16. The van der Waals surface area contributed by atoms with Crippen molar-refractivity contribution >= 4 is 0 Å². The molecule has 0 amide bonds. The lowest BCUT2D eigenvalue weighted by Gasteiger charge is -2.08. The van der Waals surface area contributed by atoms with Gasteiger partial charge in [0.15, 0.2) is 0 Å². The zero-order valence-corrected chi connectivity index (χ0v) is 9.85. The van der Waals surface area contributed by atoms with Crippen LogP contribution in [0.2, 0.25) is 0 Å². The van der Waals surface area contributed by atoms with Crippen molar-refractivity contribution in [2.24, 2.45) is 5.73 Å². The van der Waals surface area contributed by atoms with Crippen LogP contribution in [0.5, 0.6) is 0 Å². The van der Waals surface area contributed by atoms with Gasteiger partial charge in [0.2, 0.25) is 0 Å². The summed E-state index contributed by atoms with van der Waals surface area (Å²) in [5.74, 6) is 0. The van der Waals surface area contributed by atoms with Crippen LogP contribution in [0.1, 0.15) is 12.5 Å². The van der Waals surface area contributed by atoms with Crippen LogP contribution in [-0.2, 0) is 6.54 Å². The summed E-state index contributed by atoms with van der Waals surface area (Å²) in [6.45, 7) is 3.04. The maximum absolute atomic E-state index is 8.24. The highest BCUT2D eigenvalue weighted by atomic mass is 16.3. The second-order valence-electron chi connectivity index (χ2n) is 3.81. The molecule has 0 saturated heterocycles. The van der Waals surface area contributed by atoms with Crippen LogP contribution in [0.3, 0.4) is 0 Å². The molecule has 0 aliphatic heterocycles. The lowest BCUT2D eigenvalue weighted by molar-refractivity contribution is 0.203. The van der Waals surface area contributed by atoms with Gasteiger partial charge in [0.1, 0.15) is 0 Å². The van der Waals surface area contributed by atoms with Crippen LogP contribution < -0.4 is 5.73 Å². The van der Waals surface area contributed by atoms with Gasteiger partial charge in [-0.15, -0.1) is 0 Å². The molecule has 0 bridgehead atoms. The van der Waals surface area contributed by atoms with Crippen LogP contribution in [0.25, 0.3) is 0 Å². The van der Waals surface area contributed by atoms with E-state index in [1.807, 2.05) is 6.07 Å². The molecule has 1 aromatic rings. The minimum Gasteiger partial charge on any atom is -0.392 e. The van der Waals surface area contributed by atoms with Gasteiger partial charge in [-0.25, -0.2) is 0 Å². The highest BCUT2D eigenvalue weighted by molar-refractivity contribution is 5.14. The Morgan fingerprint density at radius 3 is 2.07 bits per heavy atom. The lowest BCUT2D eigenvalue weighted by atomic mass is 10.2. The molecule has 0 spiro atoms. The largest absolute Gasteiger partial charge is 0.392 e. The second kappa shape index (κ2) is 8.41. The smallest absolute Gasteiger partial charge is 0.0634 e. The highest BCUT2D eigenvalue weighted by Crippen LogP contribution is 1.99. The second-order valence-corrected chi connectivity index (χ2v) is 3.81. The standard InChI is InChI=1S/C9H13N.C3H9NO/c1-10(2)8-9-6-4-3-5-7-9;1-3(5)2-4/h3-7H,8H2,1-2H3;3,5H,2,4H2,1H3. The van der Waals surface area contributed by atoms with Crippen molar-refractivity contribution in [2.45, 2.75) is 19.6 Å². The number of nitrogens with two attached hydrogens (primary N) is 1. The third-order valence-electron chi connectivity index (χ3n) is 1.68. The predicted molar refractivity (Wildman–Crippen MR) is 64.6 cm³/mol. The molecule has 86 valence electrons. The topological polar surface area (TPSA) is 49.5 Å². The SMILES string of the molecule is CC(O)CN.CN(C)Cc1ccccc1.